The highest BCUT2D eigenvalue weighted by atomic mass is 16.5. The number of carbonyl (C=O) groups is 2. The number of carbonyl (C=O) groups excluding carboxylic acids is 2. The normalized spacial score (nSPS) is 11.6. The zero-order chi connectivity index (χ0) is 12.0. The summed E-state index contributed by atoms with van der Waals surface area (Å²) in [5.74, 6) is -1.27. The SMILES string of the molecule is COC(=O)[C@H](C)COC(=O)c1ccccc1. The van der Waals surface area contributed by atoms with Crippen LogP contribution >= 0.6 is 0 Å². The van der Waals surface area contributed by atoms with E-state index in [0.717, 1.165) is 0 Å². The van der Waals surface area contributed by atoms with Crippen LogP contribution in [0.15, 0.2) is 30.3 Å². The summed E-state index contributed by atoms with van der Waals surface area (Å²) in [6.45, 7) is 1.67. The Morgan fingerprint density at radius 1 is 1.25 bits per heavy atom. The largest absolute Gasteiger partial charge is 0.469 e. The van der Waals surface area contributed by atoms with Crippen LogP contribution in [0.1, 0.15) is 17.3 Å². The molecule has 4 nitrogen and oxygen atoms in total. The Labute approximate surface area is 94.2 Å². The van der Waals surface area contributed by atoms with Crippen molar-refractivity contribution in [3.63, 3.8) is 0 Å². The van der Waals surface area contributed by atoms with Crippen molar-refractivity contribution in [1.82, 2.24) is 0 Å². The van der Waals surface area contributed by atoms with Gasteiger partial charge in [-0.3, -0.25) is 4.79 Å². The second-order valence-electron chi connectivity index (χ2n) is 3.39. The van der Waals surface area contributed by atoms with Crippen LogP contribution in [-0.4, -0.2) is 25.7 Å². The minimum Gasteiger partial charge on any atom is -0.469 e. The molecule has 0 bridgehead atoms. The molecule has 1 rings (SSSR count). The highest BCUT2D eigenvalue weighted by molar-refractivity contribution is 5.89. The lowest BCUT2D eigenvalue weighted by atomic mass is 10.2. The Balaban J connectivity index is 2.45. The molecule has 0 aromatic heterocycles. The van der Waals surface area contributed by atoms with Crippen molar-refractivity contribution in [2.75, 3.05) is 13.7 Å². The summed E-state index contributed by atoms with van der Waals surface area (Å²) in [5.41, 5.74) is 0.472. The van der Waals surface area contributed by atoms with Crippen LogP contribution in [0, 0.1) is 5.92 Å². The minimum absolute atomic E-state index is 0.0282. The molecule has 16 heavy (non-hydrogen) atoms. The summed E-state index contributed by atoms with van der Waals surface area (Å²) in [4.78, 5) is 22.5. The summed E-state index contributed by atoms with van der Waals surface area (Å²) < 4.78 is 9.49. The Kier molecular flexibility index (Phi) is 4.51. The molecule has 1 aromatic rings. The molecule has 0 fully saturated rings. The molecule has 0 unspecified atom stereocenters. The van der Waals surface area contributed by atoms with Gasteiger partial charge in [0.2, 0.25) is 0 Å². The molecule has 86 valence electrons. The van der Waals surface area contributed by atoms with Gasteiger partial charge in [-0.05, 0) is 19.1 Å². The predicted molar refractivity (Wildman–Crippen MR) is 57.9 cm³/mol. The van der Waals surface area contributed by atoms with Gasteiger partial charge in [-0.15, -0.1) is 0 Å². The molecular formula is C12H14O4. The number of hydrogen-bond donors (Lipinski definition) is 0. The molecule has 0 radical (unpaired) electrons. The molecule has 0 saturated heterocycles. The summed E-state index contributed by atoms with van der Waals surface area (Å²) >= 11 is 0. The van der Waals surface area contributed by atoms with Gasteiger partial charge < -0.3 is 9.47 Å². The fourth-order valence-electron chi connectivity index (χ4n) is 1.13. The second-order valence-corrected chi connectivity index (χ2v) is 3.39. The molecule has 0 spiro atoms. The monoisotopic (exact) mass is 222 g/mol. The average Bonchev–Trinajstić information content (AvgIpc) is 2.35. The van der Waals surface area contributed by atoms with Gasteiger partial charge in [0.1, 0.15) is 6.61 Å². The topological polar surface area (TPSA) is 52.6 Å². The first-order chi connectivity index (χ1) is 7.65. The second kappa shape index (κ2) is 5.90. The maximum Gasteiger partial charge on any atom is 0.338 e. The van der Waals surface area contributed by atoms with Crippen molar-refractivity contribution in [2.24, 2.45) is 5.92 Å². The molecule has 0 amide bonds. The van der Waals surface area contributed by atoms with Gasteiger partial charge in [0.05, 0.1) is 18.6 Å². The van der Waals surface area contributed by atoms with Gasteiger partial charge in [-0.1, -0.05) is 18.2 Å². The minimum atomic E-state index is -0.447. The lowest BCUT2D eigenvalue weighted by Gasteiger charge is -2.09. The maximum absolute atomic E-state index is 11.5. The third kappa shape index (κ3) is 3.38. The van der Waals surface area contributed by atoms with Crippen LogP contribution in [-0.2, 0) is 14.3 Å². The lowest BCUT2D eigenvalue weighted by Crippen LogP contribution is -2.20. The van der Waals surface area contributed by atoms with Gasteiger partial charge in [0, 0.05) is 0 Å². The quantitative estimate of drug-likeness (QED) is 0.727. The molecule has 1 aromatic carbocycles. The van der Waals surface area contributed by atoms with E-state index in [1.165, 1.54) is 7.11 Å². The van der Waals surface area contributed by atoms with E-state index in [0.29, 0.717) is 5.56 Å². The first kappa shape index (κ1) is 12.2. The zero-order valence-corrected chi connectivity index (χ0v) is 9.30. The fraction of sp³-hybridized carbons (Fsp3) is 0.333. The molecule has 0 aliphatic carbocycles. The van der Waals surface area contributed by atoms with E-state index >= 15 is 0 Å². The van der Waals surface area contributed by atoms with Gasteiger partial charge in [-0.25, -0.2) is 4.79 Å². The van der Waals surface area contributed by atoms with E-state index < -0.39 is 11.9 Å². The zero-order valence-electron chi connectivity index (χ0n) is 9.30. The molecule has 1 atom stereocenters. The summed E-state index contributed by atoms with van der Waals surface area (Å²) in [7, 11) is 1.30. The van der Waals surface area contributed by atoms with Crippen LogP contribution in [0.3, 0.4) is 0 Å². The Bertz CT molecular complexity index is 359. The summed E-state index contributed by atoms with van der Waals surface area (Å²) in [5, 5.41) is 0. The molecular weight excluding hydrogens is 208 g/mol. The average molecular weight is 222 g/mol. The van der Waals surface area contributed by atoms with Crippen LogP contribution in [0.2, 0.25) is 0 Å². The van der Waals surface area contributed by atoms with Gasteiger partial charge in [0.15, 0.2) is 0 Å². The number of methoxy groups -OCH3 is 1. The molecule has 0 heterocycles. The smallest absolute Gasteiger partial charge is 0.338 e. The van der Waals surface area contributed by atoms with Crippen molar-refractivity contribution in [1.29, 1.82) is 0 Å². The molecule has 0 N–H and O–H groups in total. The molecule has 0 aliphatic heterocycles. The van der Waals surface area contributed by atoms with E-state index in [4.69, 9.17) is 4.74 Å². The standard InChI is InChI=1S/C12H14O4/c1-9(11(13)15-2)8-16-12(14)10-6-4-3-5-7-10/h3-7,9H,8H2,1-2H3/t9-/m1/s1. The van der Waals surface area contributed by atoms with E-state index in [-0.39, 0.29) is 12.6 Å². The predicted octanol–water partition coefficient (Wildman–Crippen LogP) is 1.65. The van der Waals surface area contributed by atoms with Crippen molar-refractivity contribution < 1.29 is 19.1 Å². The number of hydrogen-bond acceptors (Lipinski definition) is 4. The van der Waals surface area contributed by atoms with Crippen molar-refractivity contribution in [3.8, 4) is 0 Å². The summed E-state index contributed by atoms with van der Waals surface area (Å²) in [6, 6.07) is 8.63. The van der Waals surface area contributed by atoms with E-state index in [2.05, 4.69) is 4.74 Å². The Hall–Kier alpha value is -1.84. The first-order valence-corrected chi connectivity index (χ1v) is 4.95. The van der Waals surface area contributed by atoms with Gasteiger partial charge in [0.25, 0.3) is 0 Å². The maximum atomic E-state index is 11.5. The Morgan fingerprint density at radius 2 is 1.88 bits per heavy atom. The van der Waals surface area contributed by atoms with E-state index in [1.807, 2.05) is 6.07 Å². The lowest BCUT2D eigenvalue weighted by molar-refractivity contribution is -0.146. The highest BCUT2D eigenvalue weighted by Crippen LogP contribution is 2.04. The van der Waals surface area contributed by atoms with Crippen molar-refractivity contribution in [2.45, 2.75) is 6.92 Å². The van der Waals surface area contributed by atoms with Crippen LogP contribution in [0.4, 0.5) is 0 Å². The van der Waals surface area contributed by atoms with Crippen LogP contribution in [0.25, 0.3) is 0 Å². The van der Waals surface area contributed by atoms with Gasteiger partial charge in [-0.2, -0.15) is 0 Å². The third-order valence-electron chi connectivity index (χ3n) is 2.08. The number of ether oxygens (including phenoxy) is 2. The van der Waals surface area contributed by atoms with Crippen molar-refractivity contribution in [3.05, 3.63) is 35.9 Å². The fourth-order valence-corrected chi connectivity index (χ4v) is 1.13. The van der Waals surface area contributed by atoms with Crippen molar-refractivity contribution >= 4 is 11.9 Å². The Morgan fingerprint density at radius 3 is 2.44 bits per heavy atom. The number of benzene rings is 1. The molecule has 0 saturated carbocycles. The van der Waals surface area contributed by atoms with E-state index in [1.54, 1.807) is 31.2 Å². The van der Waals surface area contributed by atoms with Gasteiger partial charge >= 0.3 is 11.9 Å². The third-order valence-corrected chi connectivity index (χ3v) is 2.08. The molecule has 4 heteroatoms. The number of rotatable bonds is 4. The molecule has 0 aliphatic rings. The summed E-state index contributed by atoms with van der Waals surface area (Å²) in [6.07, 6.45) is 0. The number of esters is 2. The van der Waals surface area contributed by atoms with E-state index in [9.17, 15) is 9.59 Å². The highest BCUT2D eigenvalue weighted by Gasteiger charge is 2.16. The van der Waals surface area contributed by atoms with Crippen LogP contribution in [0.5, 0.6) is 0 Å². The van der Waals surface area contributed by atoms with Crippen LogP contribution < -0.4 is 0 Å². The first-order valence-electron chi connectivity index (χ1n) is 4.95.